The zero-order valence-corrected chi connectivity index (χ0v) is 11.3. The van der Waals surface area contributed by atoms with Gasteiger partial charge in [-0.25, -0.2) is 0 Å². The van der Waals surface area contributed by atoms with Gasteiger partial charge >= 0.3 is 0 Å². The molecule has 0 amide bonds. The molecule has 2 saturated heterocycles. The van der Waals surface area contributed by atoms with E-state index in [1.165, 1.54) is 32.4 Å². The van der Waals surface area contributed by atoms with Crippen LogP contribution < -0.4 is 0 Å². The van der Waals surface area contributed by atoms with Crippen LogP contribution in [0.2, 0.25) is 0 Å². The van der Waals surface area contributed by atoms with Gasteiger partial charge in [-0.15, -0.1) is 0 Å². The van der Waals surface area contributed by atoms with Crippen LogP contribution in [0.3, 0.4) is 0 Å². The van der Waals surface area contributed by atoms with Crippen LogP contribution in [-0.2, 0) is 4.74 Å². The Labute approximate surface area is 105 Å². The van der Waals surface area contributed by atoms with Crippen molar-refractivity contribution in [3.63, 3.8) is 0 Å². The molecule has 0 unspecified atom stereocenters. The fourth-order valence-electron chi connectivity index (χ4n) is 2.97. The van der Waals surface area contributed by atoms with Gasteiger partial charge < -0.3 is 14.7 Å². The van der Waals surface area contributed by atoms with Crippen molar-refractivity contribution < 1.29 is 9.84 Å². The largest absolute Gasteiger partial charge is 0.394 e. The molecule has 2 aliphatic heterocycles. The number of likely N-dealkylation sites (tertiary alicyclic amines) is 1. The highest BCUT2D eigenvalue weighted by Gasteiger charge is 2.31. The molecule has 2 rings (SSSR count). The second-order valence-corrected chi connectivity index (χ2v) is 6.10. The Hall–Kier alpha value is -0.120. The normalized spacial score (nSPS) is 34.1. The van der Waals surface area contributed by atoms with Crippen molar-refractivity contribution in [1.82, 2.24) is 4.90 Å². The van der Waals surface area contributed by atoms with E-state index in [2.05, 4.69) is 18.7 Å². The lowest BCUT2D eigenvalue weighted by atomic mass is 9.78. The summed E-state index contributed by atoms with van der Waals surface area (Å²) in [5, 5.41) is 9.05. The van der Waals surface area contributed by atoms with Crippen LogP contribution in [0, 0.1) is 5.41 Å². The van der Waals surface area contributed by atoms with Crippen molar-refractivity contribution in [1.29, 1.82) is 0 Å². The summed E-state index contributed by atoms with van der Waals surface area (Å²) in [4.78, 5) is 2.54. The van der Waals surface area contributed by atoms with Gasteiger partial charge in [-0.3, -0.25) is 0 Å². The fourth-order valence-corrected chi connectivity index (χ4v) is 2.97. The van der Waals surface area contributed by atoms with Crippen LogP contribution in [0.15, 0.2) is 0 Å². The van der Waals surface area contributed by atoms with Crippen LogP contribution >= 0.6 is 0 Å². The van der Waals surface area contributed by atoms with Gasteiger partial charge in [-0.2, -0.15) is 0 Å². The van der Waals surface area contributed by atoms with Gasteiger partial charge in [0.05, 0.1) is 18.8 Å². The first-order chi connectivity index (χ1) is 8.15. The quantitative estimate of drug-likeness (QED) is 0.817. The van der Waals surface area contributed by atoms with E-state index in [1.54, 1.807) is 0 Å². The third-order valence-electron chi connectivity index (χ3n) is 4.78. The number of rotatable bonds is 4. The average molecular weight is 241 g/mol. The number of hydrogen-bond acceptors (Lipinski definition) is 3. The van der Waals surface area contributed by atoms with Crippen LogP contribution in [-0.4, -0.2) is 48.5 Å². The second-order valence-electron chi connectivity index (χ2n) is 6.10. The summed E-state index contributed by atoms with van der Waals surface area (Å²) in [6, 6.07) is 0. The molecule has 0 aliphatic carbocycles. The van der Waals surface area contributed by atoms with Crippen molar-refractivity contribution in [3.05, 3.63) is 0 Å². The zero-order valence-electron chi connectivity index (χ0n) is 11.3. The zero-order chi connectivity index (χ0) is 12.3. The molecule has 17 heavy (non-hydrogen) atoms. The highest BCUT2D eigenvalue weighted by Crippen LogP contribution is 2.34. The number of ether oxygens (including phenoxy) is 1. The van der Waals surface area contributed by atoms with Gasteiger partial charge in [0, 0.05) is 6.54 Å². The van der Waals surface area contributed by atoms with E-state index < -0.39 is 0 Å². The summed E-state index contributed by atoms with van der Waals surface area (Å²) in [7, 11) is 0. The monoisotopic (exact) mass is 241 g/mol. The first-order valence-electron chi connectivity index (χ1n) is 7.14. The van der Waals surface area contributed by atoms with Crippen LogP contribution in [0.1, 0.15) is 46.0 Å². The third-order valence-corrected chi connectivity index (χ3v) is 4.78. The maximum absolute atomic E-state index is 9.05. The molecule has 2 atom stereocenters. The summed E-state index contributed by atoms with van der Waals surface area (Å²) >= 11 is 0. The molecular formula is C14H27NO2. The summed E-state index contributed by atoms with van der Waals surface area (Å²) in [6.45, 7) is 8.41. The summed E-state index contributed by atoms with van der Waals surface area (Å²) in [6.07, 6.45) is 6.55. The molecule has 0 radical (unpaired) electrons. The Morgan fingerprint density at radius 3 is 2.41 bits per heavy atom. The molecule has 0 spiro atoms. The van der Waals surface area contributed by atoms with Gasteiger partial charge in [-0.05, 0) is 44.2 Å². The Kier molecular flexibility index (Phi) is 4.45. The van der Waals surface area contributed by atoms with Crippen molar-refractivity contribution >= 4 is 0 Å². The summed E-state index contributed by atoms with van der Waals surface area (Å²) in [5.41, 5.74) is 0.570. The van der Waals surface area contributed by atoms with E-state index >= 15 is 0 Å². The maximum Gasteiger partial charge on any atom is 0.0811 e. The molecule has 2 aliphatic rings. The summed E-state index contributed by atoms with van der Waals surface area (Å²) < 4.78 is 5.80. The van der Waals surface area contributed by atoms with Crippen molar-refractivity contribution in [2.24, 2.45) is 5.41 Å². The van der Waals surface area contributed by atoms with Crippen molar-refractivity contribution in [2.45, 2.75) is 58.2 Å². The molecule has 0 aromatic heterocycles. The average Bonchev–Trinajstić information content (AvgIpc) is 2.80. The summed E-state index contributed by atoms with van der Waals surface area (Å²) in [5.74, 6) is 0. The van der Waals surface area contributed by atoms with E-state index in [4.69, 9.17) is 9.84 Å². The van der Waals surface area contributed by atoms with Crippen molar-refractivity contribution in [3.8, 4) is 0 Å². The van der Waals surface area contributed by atoms with Crippen LogP contribution in [0.25, 0.3) is 0 Å². The Bertz CT molecular complexity index is 236. The van der Waals surface area contributed by atoms with Gasteiger partial charge in [-0.1, -0.05) is 20.3 Å². The first-order valence-corrected chi connectivity index (χ1v) is 7.14. The standard InChI is InChI=1S/C14H27NO2/c1-3-14(2)6-8-15(9-7-14)10-12-4-5-13(11-16)17-12/h12-13,16H,3-11H2,1-2H3/t12-,13+/m0/s1. The highest BCUT2D eigenvalue weighted by atomic mass is 16.5. The number of aliphatic hydroxyl groups is 1. The molecule has 2 fully saturated rings. The Morgan fingerprint density at radius 2 is 1.88 bits per heavy atom. The molecule has 0 saturated carbocycles. The molecule has 100 valence electrons. The SMILES string of the molecule is CCC1(C)CCN(C[C@@H]2CC[C@H](CO)O2)CC1. The number of piperidine rings is 1. The van der Waals surface area contributed by atoms with Crippen LogP contribution in [0.4, 0.5) is 0 Å². The lowest BCUT2D eigenvalue weighted by Crippen LogP contribution is -2.42. The predicted octanol–water partition coefficient (Wildman–Crippen LogP) is 2.04. The smallest absolute Gasteiger partial charge is 0.0811 e. The Balaban J connectivity index is 1.72. The minimum Gasteiger partial charge on any atom is -0.394 e. The van der Waals surface area contributed by atoms with Gasteiger partial charge in [0.15, 0.2) is 0 Å². The minimum atomic E-state index is 0.102. The number of aliphatic hydroxyl groups excluding tert-OH is 1. The molecule has 0 bridgehead atoms. The molecule has 0 aromatic carbocycles. The maximum atomic E-state index is 9.05. The second kappa shape index (κ2) is 5.68. The van der Waals surface area contributed by atoms with E-state index in [0.717, 1.165) is 19.4 Å². The predicted molar refractivity (Wildman–Crippen MR) is 69.1 cm³/mol. The van der Waals surface area contributed by atoms with E-state index in [-0.39, 0.29) is 12.7 Å². The van der Waals surface area contributed by atoms with Gasteiger partial charge in [0.1, 0.15) is 0 Å². The van der Waals surface area contributed by atoms with E-state index in [9.17, 15) is 0 Å². The molecule has 3 heteroatoms. The molecular weight excluding hydrogens is 214 g/mol. The topological polar surface area (TPSA) is 32.7 Å². The van der Waals surface area contributed by atoms with Gasteiger partial charge in [0.25, 0.3) is 0 Å². The number of hydrogen-bond donors (Lipinski definition) is 1. The van der Waals surface area contributed by atoms with Crippen LogP contribution in [0.5, 0.6) is 0 Å². The minimum absolute atomic E-state index is 0.102. The molecule has 2 heterocycles. The first kappa shape index (κ1) is 13.3. The molecule has 3 nitrogen and oxygen atoms in total. The lowest BCUT2D eigenvalue weighted by molar-refractivity contribution is -0.0119. The Morgan fingerprint density at radius 1 is 1.24 bits per heavy atom. The fraction of sp³-hybridized carbons (Fsp3) is 1.00. The van der Waals surface area contributed by atoms with Gasteiger partial charge in [0.2, 0.25) is 0 Å². The molecule has 1 N–H and O–H groups in total. The van der Waals surface area contributed by atoms with E-state index in [0.29, 0.717) is 11.5 Å². The molecule has 0 aromatic rings. The van der Waals surface area contributed by atoms with Crippen molar-refractivity contribution in [2.75, 3.05) is 26.2 Å². The highest BCUT2D eigenvalue weighted by molar-refractivity contribution is 4.84. The number of nitrogens with zero attached hydrogens (tertiary/aromatic N) is 1. The lowest BCUT2D eigenvalue weighted by Gasteiger charge is -2.39. The van der Waals surface area contributed by atoms with E-state index in [1.807, 2.05) is 0 Å². The third kappa shape index (κ3) is 3.43.